The number of benzene rings is 1. The molecule has 21 heavy (non-hydrogen) atoms. The summed E-state index contributed by atoms with van der Waals surface area (Å²) in [5.74, 6) is -0.239. The molecule has 110 valence electrons. The molecule has 2 aromatic rings. The lowest BCUT2D eigenvalue weighted by molar-refractivity contribution is 0.247. The van der Waals surface area contributed by atoms with Crippen LogP contribution < -0.4 is 5.73 Å². The topological polar surface area (TPSA) is 29.3 Å². The minimum Gasteiger partial charge on any atom is -0.389 e. The van der Waals surface area contributed by atoms with Crippen molar-refractivity contribution in [2.24, 2.45) is 5.73 Å². The Balaban J connectivity index is 1.82. The molecule has 3 rings (SSSR count). The third-order valence-corrected chi connectivity index (χ3v) is 4.79. The third-order valence-electron chi connectivity index (χ3n) is 3.71. The molecule has 2 nitrogen and oxygen atoms in total. The van der Waals surface area contributed by atoms with E-state index in [1.54, 1.807) is 23.5 Å². The van der Waals surface area contributed by atoms with E-state index < -0.39 is 0 Å². The molecule has 0 unspecified atom stereocenters. The Morgan fingerprint density at radius 2 is 2.14 bits per heavy atom. The first-order valence-corrected chi connectivity index (χ1v) is 8.27. The van der Waals surface area contributed by atoms with Gasteiger partial charge in [0.2, 0.25) is 0 Å². The van der Waals surface area contributed by atoms with Crippen LogP contribution in [-0.2, 0) is 13.1 Å². The molecule has 1 aromatic heterocycles. The van der Waals surface area contributed by atoms with Crippen LogP contribution in [0.3, 0.4) is 0 Å². The molecular weight excluding hydrogens is 303 g/mol. The van der Waals surface area contributed by atoms with Crippen LogP contribution >= 0.6 is 23.6 Å². The minimum atomic E-state index is -0.239. The lowest BCUT2D eigenvalue weighted by Crippen LogP contribution is -2.26. The number of nitrogens with zero attached hydrogens (tertiary/aromatic N) is 1. The Morgan fingerprint density at radius 1 is 1.33 bits per heavy atom. The molecule has 1 fully saturated rings. The molecule has 1 aliphatic rings. The zero-order valence-corrected chi connectivity index (χ0v) is 13.2. The highest BCUT2D eigenvalue weighted by Gasteiger charge is 2.29. The van der Waals surface area contributed by atoms with E-state index in [-0.39, 0.29) is 5.82 Å². The van der Waals surface area contributed by atoms with Crippen LogP contribution in [0.4, 0.5) is 4.39 Å². The van der Waals surface area contributed by atoms with Gasteiger partial charge in [0.15, 0.2) is 0 Å². The van der Waals surface area contributed by atoms with Gasteiger partial charge < -0.3 is 5.73 Å². The van der Waals surface area contributed by atoms with Gasteiger partial charge in [0, 0.05) is 29.6 Å². The highest BCUT2D eigenvalue weighted by atomic mass is 32.1. The summed E-state index contributed by atoms with van der Waals surface area (Å²) >= 11 is 6.84. The fourth-order valence-corrected chi connectivity index (χ4v) is 3.44. The molecule has 0 aliphatic heterocycles. The van der Waals surface area contributed by atoms with E-state index in [0.717, 1.165) is 17.7 Å². The Labute approximate surface area is 133 Å². The molecule has 2 N–H and O–H groups in total. The molecule has 1 aromatic carbocycles. The van der Waals surface area contributed by atoms with Gasteiger partial charge in [0.1, 0.15) is 10.8 Å². The number of halogens is 1. The Bertz CT molecular complexity index is 636. The average Bonchev–Trinajstić information content (AvgIpc) is 3.16. The van der Waals surface area contributed by atoms with Crippen LogP contribution in [0, 0.1) is 5.82 Å². The van der Waals surface area contributed by atoms with Crippen LogP contribution in [0.25, 0.3) is 0 Å². The quantitative estimate of drug-likeness (QED) is 0.823. The maximum Gasteiger partial charge on any atom is 0.123 e. The second kappa shape index (κ2) is 6.22. The van der Waals surface area contributed by atoms with Crippen LogP contribution in [0.5, 0.6) is 0 Å². The summed E-state index contributed by atoms with van der Waals surface area (Å²) in [7, 11) is 0. The zero-order valence-electron chi connectivity index (χ0n) is 11.6. The Hall–Kier alpha value is -1.30. The van der Waals surface area contributed by atoms with Crippen molar-refractivity contribution < 1.29 is 4.39 Å². The summed E-state index contributed by atoms with van der Waals surface area (Å²) in [5.41, 5.74) is 7.42. The first kappa shape index (κ1) is 14.6. The van der Waals surface area contributed by atoms with Gasteiger partial charge in [-0.2, -0.15) is 0 Å². The average molecular weight is 320 g/mol. The first-order valence-electron chi connectivity index (χ1n) is 6.98. The van der Waals surface area contributed by atoms with E-state index in [9.17, 15) is 4.39 Å². The van der Waals surface area contributed by atoms with Crippen LogP contribution in [0.1, 0.15) is 28.8 Å². The van der Waals surface area contributed by atoms with Crippen LogP contribution in [0.15, 0.2) is 35.7 Å². The molecule has 0 radical (unpaired) electrons. The maximum absolute atomic E-state index is 13.6. The third kappa shape index (κ3) is 3.67. The predicted molar refractivity (Wildman–Crippen MR) is 88.9 cm³/mol. The van der Waals surface area contributed by atoms with Crippen molar-refractivity contribution in [1.82, 2.24) is 4.90 Å². The van der Waals surface area contributed by atoms with Crippen molar-refractivity contribution >= 4 is 28.5 Å². The zero-order chi connectivity index (χ0) is 14.8. The van der Waals surface area contributed by atoms with Crippen molar-refractivity contribution in [1.29, 1.82) is 0 Å². The van der Waals surface area contributed by atoms with Crippen molar-refractivity contribution in [2.45, 2.75) is 32.0 Å². The van der Waals surface area contributed by atoms with Crippen molar-refractivity contribution in [3.63, 3.8) is 0 Å². The smallest absolute Gasteiger partial charge is 0.123 e. The Morgan fingerprint density at radius 3 is 2.76 bits per heavy atom. The van der Waals surface area contributed by atoms with Crippen LogP contribution in [0.2, 0.25) is 0 Å². The molecule has 5 heteroatoms. The van der Waals surface area contributed by atoms with Crippen molar-refractivity contribution in [3.05, 3.63) is 57.5 Å². The van der Waals surface area contributed by atoms with Gasteiger partial charge in [0.25, 0.3) is 0 Å². The molecule has 1 saturated carbocycles. The summed E-state index contributed by atoms with van der Waals surface area (Å²) in [6, 6.07) is 9.45. The van der Waals surface area contributed by atoms with Crippen molar-refractivity contribution in [2.75, 3.05) is 0 Å². The lowest BCUT2D eigenvalue weighted by Gasteiger charge is -2.22. The summed E-state index contributed by atoms with van der Waals surface area (Å²) < 4.78 is 13.6. The second-order valence-corrected chi connectivity index (χ2v) is 6.85. The standard InChI is InChI=1S/C16H17FN2S2/c17-12-3-6-15(16(18)20)11(8-12)9-19(13-4-5-13)10-14-2-1-7-21-14/h1-3,6-8,13H,4-5,9-10H2,(H2,18,20). The molecule has 0 spiro atoms. The minimum absolute atomic E-state index is 0.239. The fraction of sp³-hybridized carbons (Fsp3) is 0.312. The van der Waals surface area contributed by atoms with Gasteiger partial charge >= 0.3 is 0 Å². The Kier molecular flexibility index (Phi) is 4.33. The number of hydrogen-bond donors (Lipinski definition) is 1. The number of thiophene rings is 1. The van der Waals surface area contributed by atoms with Gasteiger partial charge in [-0.05, 0) is 48.1 Å². The normalized spacial score (nSPS) is 14.6. The fourth-order valence-electron chi connectivity index (χ4n) is 2.51. The molecule has 0 bridgehead atoms. The summed E-state index contributed by atoms with van der Waals surface area (Å²) in [4.78, 5) is 4.05. The maximum atomic E-state index is 13.6. The SMILES string of the molecule is NC(=S)c1ccc(F)cc1CN(Cc1cccs1)C1CC1. The summed E-state index contributed by atoms with van der Waals surface area (Å²) in [5, 5.41) is 2.09. The molecule has 1 heterocycles. The van der Waals surface area contributed by atoms with Gasteiger partial charge in [-0.25, -0.2) is 4.39 Å². The lowest BCUT2D eigenvalue weighted by atomic mass is 10.1. The van der Waals surface area contributed by atoms with E-state index in [4.69, 9.17) is 18.0 Å². The van der Waals surface area contributed by atoms with E-state index in [0.29, 0.717) is 17.6 Å². The molecular formula is C16H17FN2S2. The molecule has 0 amide bonds. The van der Waals surface area contributed by atoms with Gasteiger partial charge in [0.05, 0.1) is 0 Å². The van der Waals surface area contributed by atoms with E-state index in [2.05, 4.69) is 22.4 Å². The second-order valence-electron chi connectivity index (χ2n) is 5.38. The first-order chi connectivity index (χ1) is 10.1. The number of thiocarbonyl (C=S) groups is 1. The highest BCUT2D eigenvalue weighted by molar-refractivity contribution is 7.80. The summed E-state index contributed by atoms with van der Waals surface area (Å²) in [6.07, 6.45) is 2.42. The monoisotopic (exact) mass is 320 g/mol. The van der Waals surface area contributed by atoms with Crippen LogP contribution in [-0.4, -0.2) is 15.9 Å². The van der Waals surface area contributed by atoms with Gasteiger partial charge in [-0.1, -0.05) is 18.3 Å². The van der Waals surface area contributed by atoms with E-state index in [1.807, 2.05) is 0 Å². The highest BCUT2D eigenvalue weighted by Crippen LogP contribution is 2.31. The van der Waals surface area contributed by atoms with Gasteiger partial charge in [-0.3, -0.25) is 4.90 Å². The molecule has 0 atom stereocenters. The number of hydrogen-bond acceptors (Lipinski definition) is 3. The largest absolute Gasteiger partial charge is 0.389 e. The number of rotatable bonds is 6. The van der Waals surface area contributed by atoms with E-state index in [1.165, 1.54) is 23.8 Å². The predicted octanol–water partition coefficient (Wildman–Crippen LogP) is 3.69. The molecule has 0 saturated heterocycles. The van der Waals surface area contributed by atoms with E-state index >= 15 is 0 Å². The molecule has 1 aliphatic carbocycles. The number of nitrogens with two attached hydrogens (primary N) is 1. The van der Waals surface area contributed by atoms with Crippen molar-refractivity contribution in [3.8, 4) is 0 Å². The van der Waals surface area contributed by atoms with Gasteiger partial charge in [-0.15, -0.1) is 11.3 Å². The summed E-state index contributed by atoms with van der Waals surface area (Å²) in [6.45, 7) is 1.59.